The van der Waals surface area contributed by atoms with E-state index in [4.69, 9.17) is 4.74 Å². The lowest BCUT2D eigenvalue weighted by Gasteiger charge is -2.56. The molecule has 0 amide bonds. The van der Waals surface area contributed by atoms with E-state index in [1.807, 2.05) is 11.3 Å². The van der Waals surface area contributed by atoms with Gasteiger partial charge in [-0.05, 0) is 61.0 Å². The Morgan fingerprint density at radius 2 is 1.70 bits per heavy atom. The molecule has 3 fully saturated rings. The molecule has 6 rings (SSSR count). The molecule has 3 atom stereocenters. The second-order valence-corrected chi connectivity index (χ2v) is 9.52. The van der Waals surface area contributed by atoms with Gasteiger partial charge in [-0.15, -0.1) is 11.3 Å². The molecule has 156 valence electrons. The molecule has 3 aromatic rings. The minimum Gasteiger partial charge on any atom is -0.495 e. The number of thiophene rings is 1. The van der Waals surface area contributed by atoms with E-state index < -0.39 is 0 Å². The molecule has 0 radical (unpaired) electrons. The zero-order valence-electron chi connectivity index (χ0n) is 17.8. The van der Waals surface area contributed by atoms with E-state index in [9.17, 15) is 0 Å². The smallest absolute Gasteiger partial charge is 0.142 e. The Bertz CT molecular complexity index is 950. The molecule has 0 N–H and O–H groups in total. The molecule has 0 spiro atoms. The summed E-state index contributed by atoms with van der Waals surface area (Å²) in [5.41, 5.74) is 2.62. The van der Waals surface area contributed by atoms with Gasteiger partial charge in [0.15, 0.2) is 0 Å². The summed E-state index contributed by atoms with van der Waals surface area (Å²) in [6, 6.07) is 25.0. The Labute approximate surface area is 183 Å². The summed E-state index contributed by atoms with van der Waals surface area (Å²) in [7, 11) is 4.05. The Balaban J connectivity index is 1.60. The number of fused-ring (bicyclic) bond motifs is 3. The predicted octanol–water partition coefficient (Wildman–Crippen LogP) is 5.49. The van der Waals surface area contributed by atoms with Crippen LogP contribution in [0, 0.1) is 5.92 Å². The van der Waals surface area contributed by atoms with Crippen molar-refractivity contribution >= 4 is 17.0 Å². The lowest BCUT2D eigenvalue weighted by Crippen LogP contribution is -2.65. The molecule has 0 saturated carbocycles. The molecule has 3 aliphatic heterocycles. The summed E-state index contributed by atoms with van der Waals surface area (Å²) >= 11 is 1.89. The number of rotatable bonds is 6. The Morgan fingerprint density at radius 3 is 2.40 bits per heavy atom. The zero-order valence-corrected chi connectivity index (χ0v) is 18.6. The Kier molecular flexibility index (Phi) is 5.53. The van der Waals surface area contributed by atoms with Gasteiger partial charge in [0.25, 0.3) is 0 Å². The highest BCUT2D eigenvalue weighted by molar-refractivity contribution is 7.10. The first-order valence-corrected chi connectivity index (χ1v) is 11.8. The Hall–Kier alpha value is -2.30. The van der Waals surface area contributed by atoms with E-state index in [0.29, 0.717) is 23.9 Å². The fourth-order valence-corrected chi connectivity index (χ4v) is 6.64. The van der Waals surface area contributed by atoms with Crippen molar-refractivity contribution in [3.63, 3.8) is 0 Å². The number of piperidine rings is 3. The predicted molar refractivity (Wildman–Crippen MR) is 126 cm³/mol. The lowest BCUT2D eigenvalue weighted by molar-refractivity contribution is 0.0190. The Morgan fingerprint density at radius 1 is 0.967 bits per heavy atom. The molecule has 30 heavy (non-hydrogen) atoms. The van der Waals surface area contributed by atoms with Gasteiger partial charge in [-0.3, -0.25) is 4.90 Å². The average molecular weight is 419 g/mol. The van der Waals surface area contributed by atoms with Crippen molar-refractivity contribution < 1.29 is 4.74 Å². The number of methoxy groups -OCH3 is 1. The van der Waals surface area contributed by atoms with Gasteiger partial charge in [0.05, 0.1) is 12.8 Å². The van der Waals surface area contributed by atoms with Crippen LogP contribution in [0.2, 0.25) is 0 Å². The molecule has 4 heteroatoms. The molecule has 1 aromatic heterocycles. The maximum Gasteiger partial charge on any atom is 0.142 e. The molecule has 3 nitrogen and oxygen atoms in total. The first-order chi connectivity index (χ1) is 14.8. The molecular weight excluding hydrogens is 388 g/mol. The number of hydrogen-bond donors (Lipinski definition) is 0. The highest BCUT2D eigenvalue weighted by Crippen LogP contribution is 2.46. The highest BCUT2D eigenvalue weighted by atomic mass is 32.1. The fraction of sp³-hybridized carbons (Fsp3) is 0.385. The minimum atomic E-state index is 0.386. The second kappa shape index (κ2) is 8.44. The van der Waals surface area contributed by atoms with Crippen molar-refractivity contribution in [1.29, 1.82) is 0 Å². The van der Waals surface area contributed by atoms with Crippen molar-refractivity contribution in [2.45, 2.75) is 30.8 Å². The summed E-state index contributed by atoms with van der Waals surface area (Å²) in [5.74, 6) is 2.06. The number of benzene rings is 2. The standard InChI is InChI=1S/C26H30N2OS/c1-27(21-11-6-7-12-22(21)29-2)25-20-14-16-28(17-15-20)26(25)24(23-13-8-18-30-23)19-9-4-3-5-10-19/h3-13,18,20,24-26H,14-17H2,1-2H3. The fourth-order valence-electron chi connectivity index (χ4n) is 5.75. The minimum absolute atomic E-state index is 0.386. The average Bonchev–Trinajstić information content (AvgIpc) is 3.34. The molecule has 2 aromatic carbocycles. The third-order valence-corrected chi connectivity index (χ3v) is 8.05. The second-order valence-electron chi connectivity index (χ2n) is 8.54. The largest absolute Gasteiger partial charge is 0.495 e. The van der Waals surface area contributed by atoms with Gasteiger partial charge < -0.3 is 9.64 Å². The molecular formula is C26H30N2OS. The topological polar surface area (TPSA) is 15.7 Å². The van der Waals surface area contributed by atoms with Gasteiger partial charge >= 0.3 is 0 Å². The monoisotopic (exact) mass is 418 g/mol. The van der Waals surface area contributed by atoms with Gasteiger partial charge in [-0.2, -0.15) is 0 Å². The summed E-state index contributed by atoms with van der Waals surface area (Å²) in [6.07, 6.45) is 2.57. The molecule has 3 aliphatic rings. The number of para-hydroxylation sites is 2. The number of hydrogen-bond acceptors (Lipinski definition) is 4. The summed E-state index contributed by atoms with van der Waals surface area (Å²) in [4.78, 5) is 6.74. The normalized spacial score (nSPS) is 26.3. The first kappa shape index (κ1) is 19.7. The number of likely N-dealkylation sites (N-methyl/N-ethyl adjacent to an activating group) is 1. The van der Waals surface area contributed by atoms with Gasteiger partial charge in [0.1, 0.15) is 5.75 Å². The summed E-state index contributed by atoms with van der Waals surface area (Å²) in [5, 5.41) is 2.22. The number of nitrogens with zero attached hydrogens (tertiary/aromatic N) is 2. The van der Waals surface area contributed by atoms with Crippen LogP contribution in [0.4, 0.5) is 5.69 Å². The highest BCUT2D eigenvalue weighted by Gasteiger charge is 2.48. The van der Waals surface area contributed by atoms with Crippen LogP contribution in [0.25, 0.3) is 0 Å². The van der Waals surface area contributed by atoms with Crippen molar-refractivity contribution in [3.05, 3.63) is 82.6 Å². The van der Waals surface area contributed by atoms with Crippen LogP contribution in [-0.4, -0.2) is 44.2 Å². The van der Waals surface area contributed by atoms with E-state index in [1.54, 1.807) is 7.11 Å². The van der Waals surface area contributed by atoms with E-state index in [-0.39, 0.29) is 0 Å². The SMILES string of the molecule is COc1ccccc1N(C)C1C(C(c2ccccc2)c2cccs2)[N@]2CC[C@H]1CC2. The van der Waals surface area contributed by atoms with Crippen molar-refractivity contribution in [1.82, 2.24) is 4.90 Å². The first-order valence-electron chi connectivity index (χ1n) is 11.0. The molecule has 4 heterocycles. The molecule has 3 unspecified atom stereocenters. The van der Waals surface area contributed by atoms with Gasteiger partial charge in [-0.25, -0.2) is 0 Å². The van der Waals surface area contributed by atoms with Crippen LogP contribution in [-0.2, 0) is 0 Å². The van der Waals surface area contributed by atoms with Gasteiger partial charge in [-0.1, -0.05) is 48.5 Å². The molecule has 3 saturated heterocycles. The van der Waals surface area contributed by atoms with E-state index >= 15 is 0 Å². The third-order valence-electron chi connectivity index (χ3n) is 7.09. The summed E-state index contributed by atoms with van der Waals surface area (Å²) < 4.78 is 5.74. The van der Waals surface area contributed by atoms with Crippen molar-refractivity contribution in [2.75, 3.05) is 32.1 Å². The maximum atomic E-state index is 5.74. The van der Waals surface area contributed by atoms with Crippen LogP contribution in [0.3, 0.4) is 0 Å². The van der Waals surface area contributed by atoms with Gasteiger partial charge in [0, 0.05) is 29.9 Å². The van der Waals surface area contributed by atoms with Crippen molar-refractivity contribution in [2.24, 2.45) is 5.92 Å². The van der Waals surface area contributed by atoms with Crippen molar-refractivity contribution in [3.8, 4) is 5.75 Å². The maximum absolute atomic E-state index is 5.74. The quantitative estimate of drug-likeness (QED) is 0.527. The van der Waals surface area contributed by atoms with Crippen LogP contribution in [0.5, 0.6) is 5.75 Å². The van der Waals surface area contributed by atoms with E-state index in [0.717, 1.165) is 5.75 Å². The third kappa shape index (κ3) is 3.42. The van der Waals surface area contributed by atoms with Gasteiger partial charge in [0.2, 0.25) is 0 Å². The summed E-state index contributed by atoms with van der Waals surface area (Å²) in [6.45, 7) is 2.42. The zero-order chi connectivity index (χ0) is 20.5. The van der Waals surface area contributed by atoms with E-state index in [2.05, 4.69) is 89.0 Å². The van der Waals surface area contributed by atoms with E-state index in [1.165, 1.54) is 42.1 Å². The molecule has 2 bridgehead atoms. The van der Waals surface area contributed by atoms with Crippen LogP contribution in [0.15, 0.2) is 72.1 Å². The molecule has 0 aliphatic carbocycles. The van der Waals surface area contributed by atoms with Crippen LogP contribution >= 0.6 is 11.3 Å². The van der Waals surface area contributed by atoms with Crippen LogP contribution < -0.4 is 9.64 Å². The lowest BCUT2D eigenvalue weighted by atomic mass is 9.71. The number of anilines is 1. The number of ether oxygens (including phenoxy) is 1. The van der Waals surface area contributed by atoms with Crippen LogP contribution in [0.1, 0.15) is 29.2 Å².